The van der Waals surface area contributed by atoms with E-state index < -0.39 is 17.8 Å². The van der Waals surface area contributed by atoms with Crippen molar-refractivity contribution in [3.05, 3.63) is 58.4 Å². The summed E-state index contributed by atoms with van der Waals surface area (Å²) in [5, 5.41) is 0. The maximum absolute atomic E-state index is 13.0. The molecule has 1 amide bonds. The first-order valence-corrected chi connectivity index (χ1v) is 11.5. The topological polar surface area (TPSA) is 87.0 Å². The number of thioether (sulfide) groups is 1. The molecule has 2 aromatic carbocycles. The van der Waals surface area contributed by atoms with Gasteiger partial charge in [-0.15, -0.1) is 11.8 Å². The standard InChI is InChI=1S/C22H22N2O5S2/c1-4-29-19(25)13-24-16-11-10-14(21(27)28-3)12-18(16)31-22(24)23-20(26)15-8-6-7-9-17(15)30-5-2/h6-12H,4-5,13H2,1-3H3. The molecular weight excluding hydrogens is 436 g/mol. The molecule has 1 heterocycles. The number of methoxy groups -OCH3 is 1. The Morgan fingerprint density at radius 2 is 1.90 bits per heavy atom. The molecule has 9 heteroatoms. The van der Waals surface area contributed by atoms with Crippen LogP contribution in [-0.2, 0) is 20.8 Å². The Bertz CT molecular complexity index is 1200. The van der Waals surface area contributed by atoms with Gasteiger partial charge in [-0.25, -0.2) is 4.79 Å². The molecule has 0 saturated heterocycles. The molecule has 0 unspecified atom stereocenters. The number of aromatic nitrogens is 1. The second-order valence-electron chi connectivity index (χ2n) is 6.30. The van der Waals surface area contributed by atoms with Gasteiger partial charge in [-0.3, -0.25) is 9.59 Å². The van der Waals surface area contributed by atoms with E-state index in [1.165, 1.54) is 18.4 Å². The average Bonchev–Trinajstić information content (AvgIpc) is 3.09. The molecule has 0 fully saturated rings. The van der Waals surface area contributed by atoms with Crippen molar-refractivity contribution in [1.82, 2.24) is 4.57 Å². The van der Waals surface area contributed by atoms with Gasteiger partial charge >= 0.3 is 11.9 Å². The van der Waals surface area contributed by atoms with Gasteiger partial charge in [0.05, 0.1) is 35.1 Å². The maximum Gasteiger partial charge on any atom is 0.337 e. The Balaban J connectivity index is 2.13. The van der Waals surface area contributed by atoms with E-state index in [0.717, 1.165) is 10.6 Å². The summed E-state index contributed by atoms with van der Waals surface area (Å²) in [6.07, 6.45) is 0. The van der Waals surface area contributed by atoms with Crippen molar-refractivity contribution in [2.24, 2.45) is 4.99 Å². The highest BCUT2D eigenvalue weighted by molar-refractivity contribution is 7.99. The summed E-state index contributed by atoms with van der Waals surface area (Å²) in [6, 6.07) is 12.3. The molecule has 0 bridgehead atoms. The minimum absolute atomic E-state index is 0.0944. The van der Waals surface area contributed by atoms with E-state index in [1.807, 2.05) is 19.1 Å². The minimum Gasteiger partial charge on any atom is -0.465 e. The van der Waals surface area contributed by atoms with Crippen molar-refractivity contribution in [2.75, 3.05) is 19.5 Å². The fourth-order valence-corrected chi connectivity index (χ4v) is 4.83. The van der Waals surface area contributed by atoms with Crippen molar-refractivity contribution < 1.29 is 23.9 Å². The maximum atomic E-state index is 13.0. The lowest BCUT2D eigenvalue weighted by molar-refractivity contribution is -0.143. The highest BCUT2D eigenvalue weighted by atomic mass is 32.2. The number of amides is 1. The number of ether oxygens (including phenoxy) is 2. The number of fused-ring (bicyclic) bond motifs is 1. The van der Waals surface area contributed by atoms with Gasteiger partial charge in [-0.1, -0.05) is 30.4 Å². The summed E-state index contributed by atoms with van der Waals surface area (Å²) in [5.74, 6) is -0.469. The fourth-order valence-electron chi connectivity index (χ4n) is 2.96. The number of thiazole rings is 1. The fraction of sp³-hybridized carbons (Fsp3) is 0.273. The summed E-state index contributed by atoms with van der Waals surface area (Å²) >= 11 is 2.79. The molecule has 0 aliphatic carbocycles. The van der Waals surface area contributed by atoms with Crippen LogP contribution in [0.2, 0.25) is 0 Å². The average molecular weight is 459 g/mol. The Hall–Kier alpha value is -2.91. The second kappa shape index (κ2) is 10.4. The van der Waals surface area contributed by atoms with Crippen LogP contribution in [0.4, 0.5) is 0 Å². The Morgan fingerprint density at radius 1 is 1.13 bits per heavy atom. The van der Waals surface area contributed by atoms with Crippen LogP contribution in [0.5, 0.6) is 0 Å². The molecular formula is C22H22N2O5S2. The van der Waals surface area contributed by atoms with E-state index in [0.29, 0.717) is 26.1 Å². The molecule has 3 aromatic rings. The highest BCUT2D eigenvalue weighted by Crippen LogP contribution is 2.24. The zero-order valence-corrected chi connectivity index (χ0v) is 19.0. The van der Waals surface area contributed by atoms with Crippen LogP contribution in [0.3, 0.4) is 0 Å². The van der Waals surface area contributed by atoms with Gasteiger partial charge < -0.3 is 14.0 Å². The zero-order valence-electron chi connectivity index (χ0n) is 17.4. The van der Waals surface area contributed by atoms with Gasteiger partial charge in [0.1, 0.15) is 6.54 Å². The predicted octanol–water partition coefficient (Wildman–Crippen LogP) is 3.91. The molecule has 31 heavy (non-hydrogen) atoms. The summed E-state index contributed by atoms with van der Waals surface area (Å²) in [6.45, 7) is 3.90. The van der Waals surface area contributed by atoms with E-state index in [9.17, 15) is 14.4 Å². The molecule has 0 N–H and O–H groups in total. The number of carbonyl (C=O) groups excluding carboxylic acids is 3. The molecule has 0 atom stereocenters. The number of hydrogen-bond acceptors (Lipinski definition) is 7. The molecule has 0 aliphatic heterocycles. The highest BCUT2D eigenvalue weighted by Gasteiger charge is 2.16. The number of rotatable bonds is 7. The predicted molar refractivity (Wildman–Crippen MR) is 121 cm³/mol. The summed E-state index contributed by atoms with van der Waals surface area (Å²) in [4.78, 5) is 42.6. The number of nitrogens with zero attached hydrogens (tertiary/aromatic N) is 2. The molecule has 0 aliphatic rings. The van der Waals surface area contributed by atoms with Crippen molar-refractivity contribution in [1.29, 1.82) is 0 Å². The Morgan fingerprint density at radius 3 is 2.61 bits per heavy atom. The smallest absolute Gasteiger partial charge is 0.337 e. The lowest BCUT2D eigenvalue weighted by Crippen LogP contribution is -2.23. The quantitative estimate of drug-likeness (QED) is 0.394. The van der Waals surface area contributed by atoms with Crippen LogP contribution in [0.1, 0.15) is 34.6 Å². The van der Waals surface area contributed by atoms with E-state index >= 15 is 0 Å². The van der Waals surface area contributed by atoms with Crippen LogP contribution in [-0.4, -0.2) is 41.9 Å². The first-order valence-electron chi connectivity index (χ1n) is 9.66. The second-order valence-corrected chi connectivity index (χ2v) is 8.61. The largest absolute Gasteiger partial charge is 0.465 e. The number of hydrogen-bond donors (Lipinski definition) is 0. The third-order valence-corrected chi connectivity index (χ3v) is 6.31. The van der Waals surface area contributed by atoms with E-state index in [2.05, 4.69) is 4.99 Å². The molecule has 7 nitrogen and oxygen atoms in total. The number of benzene rings is 2. The van der Waals surface area contributed by atoms with Crippen molar-refractivity contribution in [3.63, 3.8) is 0 Å². The van der Waals surface area contributed by atoms with Crippen molar-refractivity contribution in [2.45, 2.75) is 25.3 Å². The molecule has 0 radical (unpaired) electrons. The van der Waals surface area contributed by atoms with Gasteiger partial charge in [-0.2, -0.15) is 4.99 Å². The molecule has 3 rings (SSSR count). The van der Waals surface area contributed by atoms with Crippen LogP contribution >= 0.6 is 23.1 Å². The first kappa shape index (κ1) is 22.8. The lowest BCUT2D eigenvalue weighted by atomic mass is 10.2. The number of esters is 2. The van der Waals surface area contributed by atoms with Gasteiger partial charge in [0, 0.05) is 4.90 Å². The van der Waals surface area contributed by atoms with Gasteiger partial charge in [-0.05, 0) is 43.0 Å². The molecule has 0 spiro atoms. The normalized spacial score (nSPS) is 11.5. The third-order valence-electron chi connectivity index (χ3n) is 4.31. The van der Waals surface area contributed by atoms with Crippen molar-refractivity contribution in [3.8, 4) is 0 Å². The van der Waals surface area contributed by atoms with E-state index in [-0.39, 0.29) is 13.2 Å². The van der Waals surface area contributed by atoms with Crippen LogP contribution in [0.25, 0.3) is 10.2 Å². The monoisotopic (exact) mass is 458 g/mol. The van der Waals surface area contributed by atoms with Crippen LogP contribution < -0.4 is 4.80 Å². The molecule has 1 aromatic heterocycles. The van der Waals surface area contributed by atoms with E-state index in [1.54, 1.807) is 53.6 Å². The van der Waals surface area contributed by atoms with Crippen LogP contribution in [0.15, 0.2) is 52.4 Å². The number of carbonyl (C=O) groups is 3. The molecule has 0 saturated carbocycles. The third kappa shape index (κ3) is 5.23. The van der Waals surface area contributed by atoms with Crippen LogP contribution in [0, 0.1) is 0 Å². The van der Waals surface area contributed by atoms with Gasteiger partial charge in [0.25, 0.3) is 5.91 Å². The SMILES string of the molecule is CCOC(=O)Cn1c(=NC(=O)c2ccccc2SCC)sc2cc(C(=O)OC)ccc21. The molecule has 162 valence electrons. The lowest BCUT2D eigenvalue weighted by Gasteiger charge is -2.06. The van der Waals surface area contributed by atoms with E-state index in [4.69, 9.17) is 9.47 Å². The van der Waals surface area contributed by atoms with Gasteiger partial charge in [0.15, 0.2) is 4.80 Å². The summed E-state index contributed by atoms with van der Waals surface area (Å²) in [7, 11) is 1.31. The Labute approximate surface area is 187 Å². The minimum atomic E-state index is -0.465. The zero-order chi connectivity index (χ0) is 22.4. The van der Waals surface area contributed by atoms with Crippen molar-refractivity contribution >= 4 is 51.2 Å². The summed E-state index contributed by atoms with van der Waals surface area (Å²) < 4.78 is 12.2. The summed E-state index contributed by atoms with van der Waals surface area (Å²) in [5.41, 5.74) is 1.56. The van der Waals surface area contributed by atoms with Gasteiger partial charge in [0.2, 0.25) is 0 Å². The first-order chi connectivity index (χ1) is 15.0. The Kier molecular flexibility index (Phi) is 7.64.